The number of carboxylic acids is 1. The van der Waals surface area contributed by atoms with Gasteiger partial charge in [-0.3, -0.25) is 29.4 Å². The van der Waals surface area contributed by atoms with Gasteiger partial charge in [-0.1, -0.05) is 38.1 Å². The van der Waals surface area contributed by atoms with E-state index in [-0.39, 0.29) is 31.3 Å². The maximum Gasteiger partial charge on any atom is 0.320 e. The molecule has 2 heterocycles. The van der Waals surface area contributed by atoms with E-state index in [1.165, 1.54) is 6.26 Å². The molecule has 1 unspecified atom stereocenters. The van der Waals surface area contributed by atoms with Gasteiger partial charge in [0.05, 0.1) is 30.0 Å². The molecule has 0 saturated carbocycles. The molecule has 0 aliphatic carbocycles. The summed E-state index contributed by atoms with van der Waals surface area (Å²) in [6.45, 7) is 3.97. The van der Waals surface area contributed by atoms with Crippen molar-refractivity contribution in [2.75, 3.05) is 6.54 Å². The number of amides is 3. The predicted molar refractivity (Wildman–Crippen MR) is 132 cm³/mol. The fourth-order valence-corrected chi connectivity index (χ4v) is 4.39. The largest absolute Gasteiger partial charge is 0.480 e. The topological polar surface area (TPSA) is 129 Å². The first kappa shape index (κ1) is 25.1. The van der Waals surface area contributed by atoms with E-state index < -0.39 is 29.9 Å². The third-order valence-electron chi connectivity index (χ3n) is 6.22. The molecule has 9 heteroatoms. The van der Waals surface area contributed by atoms with Crippen LogP contribution in [0.3, 0.4) is 0 Å². The average molecular weight is 492 g/mol. The molecule has 3 aromatic rings. The Morgan fingerprint density at radius 1 is 0.972 bits per heavy atom. The zero-order chi connectivity index (χ0) is 25.8. The number of fused-ring (bicyclic) bond motifs is 2. The summed E-state index contributed by atoms with van der Waals surface area (Å²) in [5.74, 6) is -1.69. The average Bonchev–Trinajstić information content (AvgIpc) is 3.45. The lowest BCUT2D eigenvalue weighted by Crippen LogP contribution is -2.52. The van der Waals surface area contributed by atoms with Crippen LogP contribution in [-0.2, 0) is 16.1 Å². The second-order valence-corrected chi connectivity index (χ2v) is 9.33. The lowest BCUT2D eigenvalue weighted by Gasteiger charge is -2.25. The second kappa shape index (κ2) is 10.7. The van der Waals surface area contributed by atoms with Crippen LogP contribution in [-0.4, -0.2) is 52.3 Å². The summed E-state index contributed by atoms with van der Waals surface area (Å²) in [4.78, 5) is 51.9. The normalized spacial score (nSPS) is 14.8. The first-order chi connectivity index (χ1) is 17.2. The highest BCUT2D eigenvalue weighted by Gasteiger charge is 2.37. The summed E-state index contributed by atoms with van der Waals surface area (Å²) >= 11 is 0. The number of furan rings is 1. The van der Waals surface area contributed by atoms with E-state index in [0.29, 0.717) is 23.3 Å². The molecule has 3 amide bonds. The number of hydrogen-bond donors (Lipinski definition) is 3. The molecule has 0 fully saturated rings. The summed E-state index contributed by atoms with van der Waals surface area (Å²) in [6.07, 6.45) is 1.88. The number of nitrogens with one attached hydrogen (secondary N) is 2. The maximum absolute atomic E-state index is 13.0. The van der Waals surface area contributed by atoms with Crippen molar-refractivity contribution in [3.8, 4) is 0 Å². The SMILES string of the molecule is CC(C)C[C@@H](NC(CCN1C(=O)c2cc3ccccc3cc2C1=O)C(=O)O)C(=O)NCc1ccco1. The number of aliphatic carboxylic acids is 1. The summed E-state index contributed by atoms with van der Waals surface area (Å²) in [5, 5.41) is 17.2. The van der Waals surface area contributed by atoms with Gasteiger partial charge in [-0.25, -0.2) is 0 Å². The van der Waals surface area contributed by atoms with Gasteiger partial charge in [0.2, 0.25) is 5.91 Å². The molecule has 188 valence electrons. The van der Waals surface area contributed by atoms with Crippen LogP contribution >= 0.6 is 0 Å². The van der Waals surface area contributed by atoms with Crippen molar-refractivity contribution in [2.45, 2.75) is 45.3 Å². The summed E-state index contributed by atoms with van der Waals surface area (Å²) in [7, 11) is 0. The first-order valence-electron chi connectivity index (χ1n) is 11.9. The van der Waals surface area contributed by atoms with Crippen molar-refractivity contribution in [3.05, 3.63) is 71.7 Å². The molecule has 36 heavy (non-hydrogen) atoms. The van der Waals surface area contributed by atoms with E-state index in [4.69, 9.17) is 4.42 Å². The molecule has 0 radical (unpaired) electrons. The molecule has 1 aliphatic heterocycles. The van der Waals surface area contributed by atoms with E-state index in [2.05, 4.69) is 10.6 Å². The number of carbonyl (C=O) groups excluding carboxylic acids is 3. The van der Waals surface area contributed by atoms with Crippen LogP contribution in [0.2, 0.25) is 0 Å². The Morgan fingerprint density at radius 2 is 1.61 bits per heavy atom. The Hall–Kier alpha value is -3.98. The van der Waals surface area contributed by atoms with Crippen molar-refractivity contribution in [3.63, 3.8) is 0 Å². The lowest BCUT2D eigenvalue weighted by molar-refractivity contribution is -0.140. The lowest BCUT2D eigenvalue weighted by atomic mass is 10.0. The zero-order valence-electron chi connectivity index (χ0n) is 20.2. The van der Waals surface area contributed by atoms with Crippen LogP contribution < -0.4 is 10.6 Å². The molecule has 4 rings (SSSR count). The van der Waals surface area contributed by atoms with Crippen molar-refractivity contribution in [1.29, 1.82) is 0 Å². The van der Waals surface area contributed by atoms with Gasteiger partial charge in [0, 0.05) is 6.54 Å². The number of benzene rings is 2. The Kier molecular flexibility index (Phi) is 7.49. The second-order valence-electron chi connectivity index (χ2n) is 9.33. The van der Waals surface area contributed by atoms with Crippen molar-refractivity contribution < 1.29 is 28.7 Å². The Labute approximate surface area is 208 Å². The maximum atomic E-state index is 13.0. The number of rotatable bonds is 11. The molecule has 0 saturated heterocycles. The van der Waals surface area contributed by atoms with E-state index in [0.717, 1.165) is 15.7 Å². The zero-order valence-corrected chi connectivity index (χ0v) is 20.2. The van der Waals surface area contributed by atoms with Crippen LogP contribution in [0.4, 0.5) is 0 Å². The summed E-state index contributed by atoms with van der Waals surface area (Å²) in [6, 6.07) is 12.4. The third-order valence-corrected chi connectivity index (χ3v) is 6.22. The third kappa shape index (κ3) is 5.46. The molecule has 1 aliphatic rings. The molecule has 9 nitrogen and oxygen atoms in total. The van der Waals surface area contributed by atoms with Crippen molar-refractivity contribution in [1.82, 2.24) is 15.5 Å². The standard InChI is InChI=1S/C27H29N3O6/c1-16(2)12-23(24(31)28-15-19-8-5-11-36-19)29-22(27(34)35)9-10-30-25(32)20-13-17-6-3-4-7-18(17)14-21(20)26(30)33/h3-8,11,13-14,16,22-23,29H,9-10,12,15H2,1-2H3,(H,28,31)(H,34,35)/t22?,23-/m1/s1. The first-order valence-corrected chi connectivity index (χ1v) is 11.9. The number of nitrogens with zero attached hydrogens (tertiary/aromatic N) is 1. The van der Waals surface area contributed by atoms with Crippen LogP contribution in [0.15, 0.2) is 59.2 Å². The van der Waals surface area contributed by atoms with Gasteiger partial charge in [0.15, 0.2) is 0 Å². The Morgan fingerprint density at radius 3 is 2.14 bits per heavy atom. The quantitative estimate of drug-likeness (QED) is 0.351. The number of carboxylic acid groups (broad SMARTS) is 1. The minimum atomic E-state index is -1.16. The van der Waals surface area contributed by atoms with Gasteiger partial charge in [-0.05, 0) is 53.8 Å². The summed E-state index contributed by atoms with van der Waals surface area (Å²) < 4.78 is 5.23. The molecular weight excluding hydrogens is 462 g/mol. The highest BCUT2D eigenvalue weighted by molar-refractivity contribution is 6.23. The number of hydrogen-bond acceptors (Lipinski definition) is 6. The van der Waals surface area contributed by atoms with E-state index in [1.807, 2.05) is 38.1 Å². The molecule has 2 atom stereocenters. The summed E-state index contributed by atoms with van der Waals surface area (Å²) in [5.41, 5.74) is 0.627. The van der Waals surface area contributed by atoms with E-state index in [1.54, 1.807) is 24.3 Å². The molecule has 0 spiro atoms. The minimum absolute atomic E-state index is 0.0413. The van der Waals surface area contributed by atoms with Crippen LogP contribution in [0.1, 0.15) is 53.2 Å². The monoisotopic (exact) mass is 491 g/mol. The van der Waals surface area contributed by atoms with Gasteiger partial charge in [-0.2, -0.15) is 0 Å². The molecule has 2 aromatic carbocycles. The van der Waals surface area contributed by atoms with E-state index in [9.17, 15) is 24.3 Å². The van der Waals surface area contributed by atoms with Gasteiger partial charge in [-0.15, -0.1) is 0 Å². The highest BCUT2D eigenvalue weighted by Crippen LogP contribution is 2.28. The number of carbonyl (C=O) groups is 4. The molecule has 3 N–H and O–H groups in total. The molecule has 0 bridgehead atoms. The Bertz CT molecular complexity index is 1230. The Balaban J connectivity index is 1.44. The smallest absolute Gasteiger partial charge is 0.320 e. The van der Waals surface area contributed by atoms with Crippen LogP contribution in [0, 0.1) is 5.92 Å². The van der Waals surface area contributed by atoms with Crippen molar-refractivity contribution in [2.24, 2.45) is 5.92 Å². The number of imide groups is 1. The highest BCUT2D eigenvalue weighted by atomic mass is 16.4. The van der Waals surface area contributed by atoms with Crippen LogP contribution in [0.25, 0.3) is 10.8 Å². The van der Waals surface area contributed by atoms with Gasteiger partial charge in [0.1, 0.15) is 11.8 Å². The van der Waals surface area contributed by atoms with Gasteiger partial charge >= 0.3 is 5.97 Å². The van der Waals surface area contributed by atoms with Gasteiger partial charge in [0.25, 0.3) is 11.8 Å². The van der Waals surface area contributed by atoms with Crippen molar-refractivity contribution >= 4 is 34.5 Å². The fourth-order valence-electron chi connectivity index (χ4n) is 4.39. The molecule has 1 aromatic heterocycles. The van der Waals surface area contributed by atoms with Gasteiger partial charge < -0.3 is 14.8 Å². The minimum Gasteiger partial charge on any atom is -0.480 e. The van der Waals surface area contributed by atoms with Crippen LogP contribution in [0.5, 0.6) is 0 Å². The fraction of sp³-hybridized carbons (Fsp3) is 0.333. The van der Waals surface area contributed by atoms with E-state index >= 15 is 0 Å². The predicted octanol–water partition coefficient (Wildman–Crippen LogP) is 3.19. The molecular formula is C27H29N3O6.